The number of aliphatic hydroxyl groups is 1. The van der Waals surface area contributed by atoms with Crippen molar-refractivity contribution in [3.05, 3.63) is 68.6 Å². The van der Waals surface area contributed by atoms with E-state index in [1.807, 2.05) is 35.2 Å². The number of benzene rings is 1. The van der Waals surface area contributed by atoms with Crippen LogP contribution in [0.2, 0.25) is 0 Å². The van der Waals surface area contributed by atoms with Crippen LogP contribution in [-0.4, -0.2) is 37.6 Å². The van der Waals surface area contributed by atoms with Crippen molar-refractivity contribution >= 4 is 34.9 Å². The van der Waals surface area contributed by atoms with Gasteiger partial charge in [0.1, 0.15) is 5.69 Å². The second-order valence-electron chi connectivity index (χ2n) is 11.2. The van der Waals surface area contributed by atoms with Crippen LogP contribution in [-0.2, 0) is 18.4 Å². The maximum Gasteiger partial charge on any atom is 0.274 e. The van der Waals surface area contributed by atoms with Crippen LogP contribution in [0, 0.1) is 5.92 Å². The van der Waals surface area contributed by atoms with Gasteiger partial charge in [-0.2, -0.15) is 5.10 Å². The number of hydrogen-bond donors (Lipinski definition) is 3. The molecule has 2 fully saturated rings. The number of hydrogen-bond acceptors (Lipinski definition) is 6. The van der Waals surface area contributed by atoms with Gasteiger partial charge in [-0.15, -0.1) is 11.8 Å². The number of amides is 1. The van der Waals surface area contributed by atoms with Gasteiger partial charge in [0.2, 0.25) is 5.91 Å². The molecule has 2 aliphatic heterocycles. The zero-order chi connectivity index (χ0) is 26.7. The highest BCUT2D eigenvalue weighted by atomic mass is 32.2. The molecule has 2 aromatic heterocycles. The summed E-state index contributed by atoms with van der Waals surface area (Å²) in [6.07, 6.45) is 9.77. The third-order valence-electron chi connectivity index (χ3n) is 8.69. The number of aliphatic hydroxyl groups excluding tert-OH is 1. The van der Waals surface area contributed by atoms with Crippen molar-refractivity contribution in [3.8, 4) is 11.1 Å². The lowest BCUT2D eigenvalue weighted by atomic mass is 9.82. The maximum absolute atomic E-state index is 13.8. The third-order valence-corrected chi connectivity index (χ3v) is 10.2. The van der Waals surface area contributed by atoms with Crippen molar-refractivity contribution in [1.82, 2.24) is 14.8 Å². The van der Waals surface area contributed by atoms with Crippen LogP contribution in [0.25, 0.3) is 11.1 Å². The van der Waals surface area contributed by atoms with Crippen molar-refractivity contribution < 1.29 is 9.90 Å². The van der Waals surface area contributed by atoms with Crippen LogP contribution < -0.4 is 15.8 Å². The molecule has 39 heavy (non-hydrogen) atoms. The average Bonchev–Trinajstić information content (AvgIpc) is 3.58. The predicted octanol–water partition coefficient (Wildman–Crippen LogP) is 5.19. The molecule has 7 rings (SSSR count). The number of aromatic nitrogens is 3. The number of aromatic amines is 1. The minimum Gasteiger partial charge on any atom is -0.392 e. The highest BCUT2D eigenvalue weighted by molar-refractivity contribution is 8.04. The summed E-state index contributed by atoms with van der Waals surface area (Å²) in [5.41, 5.74) is 5.92. The molecule has 0 radical (unpaired) electrons. The van der Waals surface area contributed by atoms with Gasteiger partial charge in [-0.05, 0) is 67.5 Å². The number of nitrogens with zero attached hydrogens (tertiary/aromatic N) is 3. The Balaban J connectivity index is 1.21. The Morgan fingerprint density at radius 3 is 2.82 bits per heavy atom. The van der Waals surface area contributed by atoms with E-state index in [-0.39, 0.29) is 23.3 Å². The average molecular weight is 544 g/mol. The topological polar surface area (TPSA) is 103 Å². The lowest BCUT2D eigenvalue weighted by Gasteiger charge is -2.36. The fraction of sp³-hybridized carbons (Fsp3) is 0.433. The number of pyridine rings is 1. The summed E-state index contributed by atoms with van der Waals surface area (Å²) in [4.78, 5) is 30.1. The van der Waals surface area contributed by atoms with Gasteiger partial charge in [0.25, 0.3) is 5.56 Å². The lowest BCUT2D eigenvalue weighted by Crippen LogP contribution is -2.47. The molecule has 0 spiro atoms. The molecular weight excluding hydrogens is 510 g/mol. The SMILES string of the molecule is Cn1cc(-c2cccc(N3CCC4C5=C(CCCC5)SC4C3=O)c2CO)cc(Nc2cc(C3CC3)[nH]n2)c1=O. The zero-order valence-electron chi connectivity index (χ0n) is 22.1. The molecule has 3 aromatic rings. The number of carbonyl (C=O) groups excluding carboxylic acids is 1. The van der Waals surface area contributed by atoms with Crippen molar-refractivity contribution in [1.29, 1.82) is 0 Å². The van der Waals surface area contributed by atoms with Crippen LogP contribution in [0.1, 0.15) is 62.1 Å². The summed E-state index contributed by atoms with van der Waals surface area (Å²) in [6.45, 7) is 0.442. The number of rotatable bonds is 6. The first kappa shape index (κ1) is 24.7. The third kappa shape index (κ3) is 4.32. The lowest BCUT2D eigenvalue weighted by molar-refractivity contribution is -0.119. The molecule has 2 aliphatic carbocycles. The van der Waals surface area contributed by atoms with E-state index in [9.17, 15) is 14.7 Å². The van der Waals surface area contributed by atoms with Crippen molar-refractivity contribution in [2.24, 2.45) is 13.0 Å². The number of H-pyrrole nitrogens is 1. The molecule has 9 heteroatoms. The Kier molecular flexibility index (Phi) is 6.16. The first-order valence-electron chi connectivity index (χ1n) is 14.0. The van der Waals surface area contributed by atoms with Gasteiger partial charge in [0, 0.05) is 60.2 Å². The standard InChI is InChI=1S/C30H33N5O3S/c1-34-15-18(13-24(29(34)37)31-27-14-23(32-33-27)17-9-10-17)19-6-4-7-25(22(19)16-36)35-12-11-21-20-5-2-3-8-26(20)39-28(21)30(35)38/h4,6-7,13-15,17,21,28,36H,2-3,5,8-12,16H2,1H3,(H2,31,32,33). The number of carbonyl (C=O) groups is 1. The Morgan fingerprint density at radius 1 is 1.15 bits per heavy atom. The minimum atomic E-state index is -0.207. The molecule has 1 amide bonds. The number of thioether (sulfide) groups is 1. The Morgan fingerprint density at radius 2 is 2.00 bits per heavy atom. The number of nitrogens with one attached hydrogen (secondary N) is 2. The molecule has 2 atom stereocenters. The number of allylic oxidation sites excluding steroid dienone is 2. The predicted molar refractivity (Wildman–Crippen MR) is 154 cm³/mol. The van der Waals surface area contributed by atoms with Crippen LogP contribution in [0.5, 0.6) is 0 Å². The first-order chi connectivity index (χ1) is 19.0. The van der Waals surface area contributed by atoms with E-state index >= 15 is 0 Å². The highest BCUT2D eigenvalue weighted by Gasteiger charge is 2.45. The maximum atomic E-state index is 13.8. The molecule has 4 heterocycles. The Bertz CT molecular complexity index is 1550. The van der Waals surface area contributed by atoms with Gasteiger partial charge < -0.3 is 19.9 Å². The van der Waals surface area contributed by atoms with E-state index in [0.29, 0.717) is 35.4 Å². The molecule has 202 valence electrons. The highest BCUT2D eigenvalue weighted by Crippen LogP contribution is 2.52. The summed E-state index contributed by atoms with van der Waals surface area (Å²) >= 11 is 1.78. The Labute approximate surface area is 231 Å². The summed E-state index contributed by atoms with van der Waals surface area (Å²) in [5, 5.41) is 21.1. The van der Waals surface area contributed by atoms with E-state index in [1.165, 1.54) is 23.3 Å². The minimum absolute atomic E-state index is 0.0558. The van der Waals surface area contributed by atoms with Crippen molar-refractivity contribution in [2.75, 3.05) is 16.8 Å². The van der Waals surface area contributed by atoms with Crippen LogP contribution in [0.4, 0.5) is 17.2 Å². The van der Waals surface area contributed by atoms with E-state index < -0.39 is 0 Å². The Hall–Kier alpha value is -3.30. The largest absolute Gasteiger partial charge is 0.392 e. The van der Waals surface area contributed by atoms with Crippen LogP contribution in [0.3, 0.4) is 0 Å². The number of fused-ring (bicyclic) bond motifs is 2. The molecule has 3 N–H and O–H groups in total. The number of piperidine rings is 1. The molecule has 2 unspecified atom stereocenters. The van der Waals surface area contributed by atoms with E-state index in [4.69, 9.17) is 0 Å². The van der Waals surface area contributed by atoms with Crippen molar-refractivity contribution in [2.45, 2.75) is 62.7 Å². The van der Waals surface area contributed by atoms with Gasteiger partial charge in [-0.25, -0.2) is 0 Å². The normalized spacial score (nSPS) is 22.7. The van der Waals surface area contributed by atoms with Gasteiger partial charge in [0.15, 0.2) is 5.82 Å². The quantitative estimate of drug-likeness (QED) is 0.396. The van der Waals surface area contributed by atoms with Gasteiger partial charge in [-0.1, -0.05) is 17.7 Å². The molecule has 1 saturated carbocycles. The van der Waals surface area contributed by atoms with Crippen molar-refractivity contribution in [3.63, 3.8) is 0 Å². The molecule has 8 nitrogen and oxygen atoms in total. The monoisotopic (exact) mass is 543 g/mol. The van der Waals surface area contributed by atoms with Gasteiger partial charge >= 0.3 is 0 Å². The zero-order valence-corrected chi connectivity index (χ0v) is 22.9. The van der Waals surface area contributed by atoms with E-state index in [1.54, 1.807) is 29.6 Å². The fourth-order valence-corrected chi connectivity index (χ4v) is 8.19. The smallest absolute Gasteiger partial charge is 0.274 e. The van der Waals surface area contributed by atoms with Gasteiger partial charge in [0.05, 0.1) is 11.9 Å². The number of anilines is 3. The van der Waals surface area contributed by atoms with Gasteiger partial charge in [-0.3, -0.25) is 14.7 Å². The molecule has 0 bridgehead atoms. The van der Waals surface area contributed by atoms with E-state index in [0.717, 1.165) is 54.6 Å². The number of aryl methyl sites for hydroxylation is 1. The molecular formula is C30H33N5O3S. The molecule has 1 aromatic carbocycles. The summed E-state index contributed by atoms with van der Waals surface area (Å²) in [7, 11) is 1.72. The summed E-state index contributed by atoms with van der Waals surface area (Å²) in [5.74, 6) is 1.65. The molecule has 4 aliphatic rings. The summed E-state index contributed by atoms with van der Waals surface area (Å²) in [6, 6.07) is 9.59. The molecule has 1 saturated heterocycles. The van der Waals surface area contributed by atoms with E-state index in [2.05, 4.69) is 15.5 Å². The second-order valence-corrected chi connectivity index (χ2v) is 12.4. The summed E-state index contributed by atoms with van der Waals surface area (Å²) < 4.78 is 1.54. The first-order valence-corrected chi connectivity index (χ1v) is 14.9. The van der Waals surface area contributed by atoms with Crippen LogP contribution in [0.15, 0.2) is 51.8 Å². The second kappa shape index (κ2) is 9.71. The van der Waals surface area contributed by atoms with Crippen LogP contribution >= 0.6 is 11.8 Å². The fourth-order valence-electron chi connectivity index (χ4n) is 6.52.